The maximum atomic E-state index is 13.8. The largest absolute Gasteiger partial charge is 0.416 e. The van der Waals surface area contributed by atoms with E-state index in [0.717, 1.165) is 13.5 Å². The van der Waals surface area contributed by atoms with E-state index in [9.17, 15) is 44.3 Å². The van der Waals surface area contributed by atoms with Crippen molar-refractivity contribution in [2.75, 3.05) is 32.7 Å². The smallest absolute Gasteiger partial charge is 0.339 e. The number of likely N-dealkylation sites (tertiary alicyclic amines) is 1. The number of alkyl halides is 6. The summed E-state index contributed by atoms with van der Waals surface area (Å²) in [7, 11) is -3.89. The second-order valence-corrected chi connectivity index (χ2v) is 12.1. The highest BCUT2D eigenvalue weighted by Gasteiger charge is 2.47. The van der Waals surface area contributed by atoms with E-state index in [1.165, 1.54) is 0 Å². The summed E-state index contributed by atoms with van der Waals surface area (Å²) in [4.78, 5) is 27.5. The molecule has 0 bridgehead atoms. The molecule has 0 radical (unpaired) electrons. The van der Waals surface area contributed by atoms with Crippen LogP contribution in [0.3, 0.4) is 0 Å². The molecule has 0 spiro atoms. The first-order valence-corrected chi connectivity index (χ1v) is 14.0. The van der Waals surface area contributed by atoms with Crippen LogP contribution in [0.4, 0.5) is 26.3 Å². The molecule has 3 aliphatic rings. The van der Waals surface area contributed by atoms with Crippen LogP contribution in [-0.2, 0) is 26.0 Å². The number of nitriles is 1. The third-order valence-corrected chi connectivity index (χ3v) is 9.38. The molecule has 0 saturated carbocycles. The summed E-state index contributed by atoms with van der Waals surface area (Å²) in [6, 6.07) is 0.432. The Labute approximate surface area is 226 Å². The highest BCUT2D eigenvalue weighted by atomic mass is 32.2. The van der Waals surface area contributed by atoms with Gasteiger partial charge < -0.3 is 10.2 Å². The van der Waals surface area contributed by atoms with Crippen LogP contribution >= 0.6 is 0 Å². The van der Waals surface area contributed by atoms with Gasteiger partial charge in [0.15, 0.2) is 6.04 Å². The molecule has 16 heteroatoms. The van der Waals surface area contributed by atoms with Crippen molar-refractivity contribution in [2.45, 2.75) is 50.1 Å². The van der Waals surface area contributed by atoms with Gasteiger partial charge in [0.2, 0.25) is 11.8 Å². The van der Waals surface area contributed by atoms with Crippen LogP contribution in [0, 0.1) is 23.2 Å². The molecule has 3 fully saturated rings. The molecule has 40 heavy (non-hydrogen) atoms. The number of hydrogen-bond acceptors (Lipinski definition) is 5. The molecule has 1 unspecified atom stereocenters. The van der Waals surface area contributed by atoms with Crippen LogP contribution in [0.5, 0.6) is 0 Å². The summed E-state index contributed by atoms with van der Waals surface area (Å²) < 4.78 is 108. The lowest BCUT2D eigenvalue weighted by molar-refractivity contribution is -0.165. The highest BCUT2D eigenvalue weighted by Crippen LogP contribution is 2.36. The Bertz CT molecular complexity index is 1260. The van der Waals surface area contributed by atoms with Gasteiger partial charge in [-0.3, -0.25) is 9.59 Å². The quantitative estimate of drug-likeness (QED) is 0.509. The fourth-order valence-electron chi connectivity index (χ4n) is 5.22. The maximum absolute atomic E-state index is 13.8. The van der Waals surface area contributed by atoms with E-state index in [0.29, 0.717) is 43.5 Å². The number of piperidine rings is 1. The molecular formula is C24H27F6N5O4S. The Kier molecular flexibility index (Phi) is 8.40. The van der Waals surface area contributed by atoms with Crippen LogP contribution in [0.25, 0.3) is 0 Å². The van der Waals surface area contributed by atoms with Crippen molar-refractivity contribution in [3.8, 4) is 6.07 Å². The van der Waals surface area contributed by atoms with Gasteiger partial charge in [-0.2, -0.15) is 48.6 Å². The molecule has 3 aliphatic heterocycles. The summed E-state index contributed by atoms with van der Waals surface area (Å²) in [5, 5.41) is 10.8. The summed E-state index contributed by atoms with van der Waals surface area (Å²) in [6.07, 6.45) is -8.68. The monoisotopic (exact) mass is 595 g/mol. The molecule has 220 valence electrons. The van der Waals surface area contributed by atoms with Gasteiger partial charge in [-0.1, -0.05) is 12.1 Å². The number of nitrogens with zero attached hydrogens (tertiary/aromatic N) is 4. The summed E-state index contributed by atoms with van der Waals surface area (Å²) in [6.45, 7) is 0.219. The van der Waals surface area contributed by atoms with Crippen molar-refractivity contribution in [1.29, 1.82) is 5.26 Å². The van der Waals surface area contributed by atoms with Gasteiger partial charge in [0.1, 0.15) is 6.04 Å². The lowest BCUT2D eigenvalue weighted by Gasteiger charge is -2.41. The van der Waals surface area contributed by atoms with Gasteiger partial charge in [-0.25, -0.2) is 0 Å². The van der Waals surface area contributed by atoms with Crippen molar-refractivity contribution in [3.63, 3.8) is 0 Å². The molecule has 3 heterocycles. The third-order valence-electron chi connectivity index (χ3n) is 7.44. The molecule has 3 saturated heterocycles. The zero-order valence-electron chi connectivity index (χ0n) is 21.1. The third kappa shape index (κ3) is 6.21. The van der Waals surface area contributed by atoms with Gasteiger partial charge in [0.05, 0.1) is 23.5 Å². The van der Waals surface area contributed by atoms with Crippen molar-refractivity contribution in [1.82, 2.24) is 18.8 Å². The number of amides is 2. The minimum Gasteiger partial charge on any atom is -0.339 e. The van der Waals surface area contributed by atoms with Crippen molar-refractivity contribution in [3.05, 3.63) is 35.4 Å². The second-order valence-electron chi connectivity index (χ2n) is 10.1. The van der Waals surface area contributed by atoms with E-state index in [2.05, 4.69) is 0 Å². The molecule has 4 rings (SSSR count). The molecule has 1 aromatic carbocycles. The number of nitrogens with one attached hydrogen (secondary N) is 1. The first-order valence-electron chi connectivity index (χ1n) is 12.6. The average Bonchev–Trinajstić information content (AvgIpc) is 3.35. The zero-order valence-corrected chi connectivity index (χ0v) is 21.9. The molecule has 2 amide bonds. The molecule has 3 atom stereocenters. The first kappa shape index (κ1) is 30.1. The Morgan fingerprint density at radius 1 is 0.950 bits per heavy atom. The Morgan fingerprint density at radius 3 is 2.15 bits per heavy atom. The van der Waals surface area contributed by atoms with Crippen LogP contribution in [0.1, 0.15) is 42.9 Å². The zero-order chi connectivity index (χ0) is 29.5. The van der Waals surface area contributed by atoms with Crippen LogP contribution < -0.4 is 5.32 Å². The molecule has 0 aliphatic carbocycles. The summed E-state index contributed by atoms with van der Waals surface area (Å²) >= 11 is 0. The number of carbonyl (C=O) groups is 2. The van der Waals surface area contributed by atoms with E-state index >= 15 is 0 Å². The van der Waals surface area contributed by atoms with Gasteiger partial charge in [0, 0.05) is 32.7 Å². The lowest BCUT2D eigenvalue weighted by atomic mass is 9.97. The van der Waals surface area contributed by atoms with E-state index in [1.54, 1.807) is 0 Å². The predicted octanol–water partition coefficient (Wildman–Crippen LogP) is 2.83. The second kappa shape index (κ2) is 11.2. The van der Waals surface area contributed by atoms with E-state index in [1.807, 2.05) is 11.4 Å². The topological polar surface area (TPSA) is 114 Å². The number of hydrogen-bond donors (Lipinski definition) is 1. The SMILES string of the molecule is N#CC1CN(S(=O)(=O)N2CCC[C@H](C(=O)N3CCC[C@@H]3C(=O)NC(c3ccc(C(F)(F)F)cc3)C(F)(F)F)C2)C1. The number of rotatable bonds is 6. The van der Waals surface area contributed by atoms with Gasteiger partial charge >= 0.3 is 12.4 Å². The molecule has 1 N–H and O–H groups in total. The summed E-state index contributed by atoms with van der Waals surface area (Å²) in [5.41, 5.74) is -1.74. The fraction of sp³-hybridized carbons (Fsp3) is 0.625. The Balaban J connectivity index is 1.44. The Morgan fingerprint density at radius 2 is 1.57 bits per heavy atom. The van der Waals surface area contributed by atoms with Crippen LogP contribution in [-0.4, -0.2) is 78.7 Å². The first-order chi connectivity index (χ1) is 18.6. The number of benzene rings is 1. The Hall–Kier alpha value is -2.90. The van der Waals surface area contributed by atoms with Gasteiger partial charge in [-0.05, 0) is 43.4 Å². The maximum Gasteiger partial charge on any atom is 0.416 e. The minimum atomic E-state index is -5.03. The van der Waals surface area contributed by atoms with Crippen LogP contribution in [0.2, 0.25) is 0 Å². The van der Waals surface area contributed by atoms with Crippen molar-refractivity contribution >= 4 is 22.0 Å². The van der Waals surface area contributed by atoms with Crippen molar-refractivity contribution < 1.29 is 44.3 Å². The number of halogens is 6. The van der Waals surface area contributed by atoms with Crippen molar-refractivity contribution in [2.24, 2.45) is 11.8 Å². The molecule has 9 nitrogen and oxygen atoms in total. The van der Waals surface area contributed by atoms with Gasteiger partial charge in [0.25, 0.3) is 10.2 Å². The molecule has 1 aromatic rings. The number of carbonyl (C=O) groups excluding carboxylic acids is 2. The van der Waals surface area contributed by atoms with E-state index in [-0.39, 0.29) is 39.1 Å². The standard InChI is InChI=1S/C24H27F6N5O4S/c25-23(26,27)18-7-5-16(6-8-18)20(24(28,29)30)32-21(36)19-4-2-10-35(19)22(37)17-3-1-9-33(14-17)40(38,39)34-12-15(11-31)13-34/h5-8,15,17,19-20H,1-4,9-10,12-14H2,(H,32,36)/t17-,19+,20?/m0/s1. The van der Waals surface area contributed by atoms with Crippen LogP contribution in [0.15, 0.2) is 24.3 Å². The molecular weight excluding hydrogens is 568 g/mol. The summed E-state index contributed by atoms with van der Waals surface area (Å²) in [5.74, 6) is -2.85. The van der Waals surface area contributed by atoms with Gasteiger partial charge in [-0.15, -0.1) is 0 Å². The minimum absolute atomic E-state index is 0.0572. The van der Waals surface area contributed by atoms with E-state index in [4.69, 9.17) is 5.26 Å². The van der Waals surface area contributed by atoms with E-state index < -0.39 is 69.4 Å². The molecule has 0 aromatic heterocycles. The average molecular weight is 596 g/mol. The lowest BCUT2D eigenvalue weighted by Crippen LogP contribution is -2.57. The highest BCUT2D eigenvalue weighted by molar-refractivity contribution is 7.86. The fourth-order valence-corrected chi connectivity index (χ4v) is 7.01. The normalized spacial score (nSPS) is 24.3. The predicted molar refractivity (Wildman–Crippen MR) is 127 cm³/mol.